The van der Waals surface area contributed by atoms with E-state index in [1.54, 1.807) is 11.0 Å². The molecule has 0 saturated heterocycles. The number of rotatable bonds is 8. The van der Waals surface area contributed by atoms with Crippen LogP contribution in [0.4, 0.5) is 9.18 Å². The monoisotopic (exact) mass is 498 g/mol. The Hall–Kier alpha value is -4.46. The minimum atomic E-state index is -0.515. The highest BCUT2D eigenvalue weighted by atomic mass is 19.1. The molecule has 8 heteroatoms. The molecular weight excluding hydrogens is 471 g/mol. The van der Waals surface area contributed by atoms with Crippen LogP contribution in [-0.4, -0.2) is 34.7 Å². The number of methoxy groups -OCH3 is 1. The third-order valence-corrected chi connectivity index (χ3v) is 6.49. The molecule has 0 radical (unpaired) electrons. The molecule has 0 bridgehead atoms. The number of hydrogen-bond donors (Lipinski definition) is 1. The Labute approximate surface area is 214 Å². The molecule has 1 atom stereocenters. The topological polar surface area (TPSA) is 80.5 Å². The van der Waals surface area contributed by atoms with Crippen LogP contribution in [0.25, 0.3) is 17.0 Å². The van der Waals surface area contributed by atoms with Crippen molar-refractivity contribution in [2.24, 2.45) is 0 Å². The zero-order chi connectivity index (χ0) is 25.8. The number of urea groups is 1. The summed E-state index contributed by atoms with van der Waals surface area (Å²) in [5.41, 5.74) is 4.02. The maximum Gasteiger partial charge on any atom is 0.322 e. The Morgan fingerprint density at radius 3 is 2.49 bits per heavy atom. The molecule has 3 aromatic carbocycles. The van der Waals surface area contributed by atoms with Gasteiger partial charge in [-0.05, 0) is 49.1 Å². The average Bonchev–Trinajstić information content (AvgIpc) is 3.41. The number of aryl methyl sites for hydroxylation is 1. The summed E-state index contributed by atoms with van der Waals surface area (Å²) in [6.45, 7) is 2.42. The normalized spacial score (nSPS) is 15.6. The van der Waals surface area contributed by atoms with Gasteiger partial charge in [0.25, 0.3) is 5.89 Å². The molecule has 0 aliphatic carbocycles. The molecule has 188 valence electrons. The zero-order valence-corrected chi connectivity index (χ0v) is 20.6. The lowest BCUT2D eigenvalue weighted by Gasteiger charge is -2.35. The van der Waals surface area contributed by atoms with Gasteiger partial charge in [0.15, 0.2) is 11.6 Å². The number of nitrogens with zero attached hydrogens (tertiary/aromatic N) is 3. The number of amides is 2. The Morgan fingerprint density at radius 1 is 1.05 bits per heavy atom. The molecule has 37 heavy (non-hydrogen) atoms. The fourth-order valence-electron chi connectivity index (χ4n) is 4.56. The van der Waals surface area contributed by atoms with Gasteiger partial charge in [0.1, 0.15) is 0 Å². The van der Waals surface area contributed by atoms with Crippen LogP contribution in [0.1, 0.15) is 36.4 Å². The molecule has 2 heterocycles. The first kappa shape index (κ1) is 24.2. The SMILES string of the molecule is COc1ccc(-c2noc(C3=C(C)N(CCCc4ccccc4)C(=O)NC3c3ccccc3)n2)cc1F. The average molecular weight is 499 g/mol. The molecule has 0 spiro atoms. The van der Waals surface area contributed by atoms with Gasteiger partial charge in [0.05, 0.1) is 18.7 Å². The highest BCUT2D eigenvalue weighted by molar-refractivity contribution is 5.86. The number of carbonyl (C=O) groups excluding carboxylic acids is 1. The molecule has 1 aromatic heterocycles. The summed E-state index contributed by atoms with van der Waals surface area (Å²) >= 11 is 0. The minimum absolute atomic E-state index is 0.135. The number of allylic oxidation sites excluding steroid dienone is 1. The molecule has 1 aliphatic heterocycles. The first-order valence-electron chi connectivity index (χ1n) is 12.1. The fourth-order valence-corrected chi connectivity index (χ4v) is 4.56. The van der Waals surface area contributed by atoms with Crippen LogP contribution in [0.2, 0.25) is 0 Å². The minimum Gasteiger partial charge on any atom is -0.494 e. The first-order chi connectivity index (χ1) is 18.0. The molecule has 1 N–H and O–H groups in total. The van der Waals surface area contributed by atoms with E-state index in [4.69, 9.17) is 9.26 Å². The summed E-state index contributed by atoms with van der Waals surface area (Å²) in [5, 5.41) is 7.22. The summed E-state index contributed by atoms with van der Waals surface area (Å²) < 4.78 is 25.0. The van der Waals surface area contributed by atoms with E-state index in [-0.39, 0.29) is 23.5 Å². The van der Waals surface area contributed by atoms with Crippen LogP contribution < -0.4 is 10.1 Å². The number of aromatic nitrogens is 2. The quantitative estimate of drug-likeness (QED) is 0.322. The second-order valence-electron chi connectivity index (χ2n) is 8.81. The standard InChI is InChI=1S/C29H27FN4O3/c1-19-25(28-32-27(33-37-28)22-15-16-24(36-2)23(30)18-22)26(21-13-7-4-8-14-21)31-29(35)34(19)17-9-12-20-10-5-3-6-11-20/h3-8,10-11,13-16,18,26H,9,12,17H2,1-2H3,(H,31,35). The summed E-state index contributed by atoms with van der Waals surface area (Å²) in [7, 11) is 1.41. The van der Waals surface area contributed by atoms with E-state index in [0.29, 0.717) is 17.7 Å². The van der Waals surface area contributed by atoms with Crippen LogP contribution in [0.5, 0.6) is 5.75 Å². The van der Waals surface area contributed by atoms with Crippen molar-refractivity contribution in [1.82, 2.24) is 20.4 Å². The van der Waals surface area contributed by atoms with E-state index in [1.807, 2.05) is 55.5 Å². The molecule has 1 aliphatic rings. The van der Waals surface area contributed by atoms with Gasteiger partial charge in [-0.25, -0.2) is 9.18 Å². The van der Waals surface area contributed by atoms with Gasteiger partial charge in [0, 0.05) is 17.8 Å². The fraction of sp³-hybridized carbons (Fsp3) is 0.207. The number of halogens is 1. The van der Waals surface area contributed by atoms with Gasteiger partial charge in [-0.1, -0.05) is 65.8 Å². The van der Waals surface area contributed by atoms with Crippen LogP contribution in [0.15, 0.2) is 89.1 Å². The largest absolute Gasteiger partial charge is 0.494 e. The van der Waals surface area contributed by atoms with Gasteiger partial charge in [0.2, 0.25) is 5.82 Å². The van der Waals surface area contributed by atoms with Gasteiger partial charge in [-0.15, -0.1) is 0 Å². The van der Waals surface area contributed by atoms with E-state index < -0.39 is 11.9 Å². The van der Waals surface area contributed by atoms with Gasteiger partial charge >= 0.3 is 6.03 Å². The van der Waals surface area contributed by atoms with E-state index in [0.717, 1.165) is 24.1 Å². The van der Waals surface area contributed by atoms with Crippen LogP contribution in [-0.2, 0) is 6.42 Å². The van der Waals surface area contributed by atoms with Crippen LogP contribution in [0.3, 0.4) is 0 Å². The number of carbonyl (C=O) groups is 1. The lowest BCUT2D eigenvalue weighted by molar-refractivity contribution is 0.204. The third-order valence-electron chi connectivity index (χ3n) is 6.49. The highest BCUT2D eigenvalue weighted by Gasteiger charge is 2.35. The summed E-state index contributed by atoms with van der Waals surface area (Å²) in [6, 6.07) is 23.7. The molecular formula is C29H27FN4O3. The van der Waals surface area contributed by atoms with Crippen molar-refractivity contribution in [3.63, 3.8) is 0 Å². The van der Waals surface area contributed by atoms with Crippen molar-refractivity contribution >= 4 is 11.6 Å². The molecule has 0 saturated carbocycles. The van der Waals surface area contributed by atoms with Crippen molar-refractivity contribution in [2.75, 3.05) is 13.7 Å². The summed E-state index contributed by atoms with van der Waals surface area (Å²) in [5.74, 6) is 0.136. The lowest BCUT2D eigenvalue weighted by atomic mass is 9.94. The maximum atomic E-state index is 14.3. The predicted octanol–water partition coefficient (Wildman–Crippen LogP) is 6.01. The van der Waals surface area contributed by atoms with E-state index in [1.165, 1.54) is 24.8 Å². The molecule has 7 nitrogen and oxygen atoms in total. The lowest BCUT2D eigenvalue weighted by Crippen LogP contribution is -2.46. The first-order valence-corrected chi connectivity index (χ1v) is 12.1. The summed E-state index contributed by atoms with van der Waals surface area (Å²) in [4.78, 5) is 19.5. The zero-order valence-electron chi connectivity index (χ0n) is 20.6. The summed E-state index contributed by atoms with van der Waals surface area (Å²) in [6.07, 6.45) is 1.64. The molecule has 0 fully saturated rings. The van der Waals surface area contributed by atoms with E-state index in [9.17, 15) is 9.18 Å². The molecule has 1 unspecified atom stereocenters. The Morgan fingerprint density at radius 2 is 1.78 bits per heavy atom. The van der Waals surface area contributed by atoms with Crippen molar-refractivity contribution < 1.29 is 18.4 Å². The number of ether oxygens (including phenoxy) is 1. The second kappa shape index (κ2) is 10.7. The predicted molar refractivity (Wildman–Crippen MR) is 138 cm³/mol. The van der Waals surface area contributed by atoms with Crippen LogP contribution >= 0.6 is 0 Å². The van der Waals surface area contributed by atoms with Crippen molar-refractivity contribution in [3.05, 3.63) is 107 Å². The maximum absolute atomic E-state index is 14.3. The molecule has 2 amide bonds. The molecule has 5 rings (SSSR count). The van der Waals surface area contributed by atoms with Crippen molar-refractivity contribution in [1.29, 1.82) is 0 Å². The van der Waals surface area contributed by atoms with Crippen molar-refractivity contribution in [2.45, 2.75) is 25.8 Å². The van der Waals surface area contributed by atoms with Gasteiger partial charge in [-0.3, -0.25) is 4.90 Å². The molecule has 4 aromatic rings. The Bertz CT molecular complexity index is 1420. The van der Waals surface area contributed by atoms with E-state index >= 15 is 0 Å². The van der Waals surface area contributed by atoms with Gasteiger partial charge < -0.3 is 14.6 Å². The van der Waals surface area contributed by atoms with Crippen LogP contribution in [0, 0.1) is 5.82 Å². The smallest absolute Gasteiger partial charge is 0.322 e. The third kappa shape index (κ3) is 5.09. The van der Waals surface area contributed by atoms with E-state index in [2.05, 4.69) is 27.6 Å². The Kier molecular flexibility index (Phi) is 6.98. The van der Waals surface area contributed by atoms with Crippen molar-refractivity contribution in [3.8, 4) is 17.1 Å². The highest BCUT2D eigenvalue weighted by Crippen LogP contribution is 2.37. The Balaban J connectivity index is 1.48. The van der Waals surface area contributed by atoms with Gasteiger partial charge in [-0.2, -0.15) is 4.98 Å². The second-order valence-corrected chi connectivity index (χ2v) is 8.81. The number of hydrogen-bond acceptors (Lipinski definition) is 5. The number of benzene rings is 3. The number of nitrogens with one attached hydrogen (secondary N) is 1.